The quantitative estimate of drug-likeness (QED) is 0.0744. The molecule has 0 radical (unpaired) electrons. The second kappa shape index (κ2) is 17.1. The molecule has 3 N–H and O–H groups in total. The lowest BCUT2D eigenvalue weighted by Crippen LogP contribution is -2.39. The van der Waals surface area contributed by atoms with Crippen molar-refractivity contribution in [2.75, 3.05) is 24.4 Å². The van der Waals surface area contributed by atoms with Crippen LogP contribution in [0.1, 0.15) is 22.8 Å². The molecule has 0 unspecified atom stereocenters. The van der Waals surface area contributed by atoms with E-state index < -0.39 is 6.08 Å². The first-order valence-electron chi connectivity index (χ1n) is 19.5. The fourth-order valence-electron chi connectivity index (χ4n) is 7.38. The first-order valence-corrected chi connectivity index (χ1v) is 20.9. The van der Waals surface area contributed by atoms with Crippen molar-refractivity contribution < 1.29 is 4.39 Å². The number of halogens is 2. The maximum absolute atomic E-state index is 13.8. The van der Waals surface area contributed by atoms with Gasteiger partial charge in [-0.25, -0.2) is 34.6 Å². The lowest BCUT2D eigenvalue weighted by molar-refractivity contribution is 0.545. The van der Waals surface area contributed by atoms with Crippen molar-refractivity contribution in [1.29, 1.82) is 0 Å². The molecule has 63 heavy (non-hydrogen) atoms. The molecule has 0 fully saturated rings. The van der Waals surface area contributed by atoms with Crippen LogP contribution in [0.15, 0.2) is 119 Å². The number of thioether (sulfide) groups is 1. The molecule has 0 saturated heterocycles. The number of anilines is 1. The van der Waals surface area contributed by atoms with Crippen LogP contribution in [0.2, 0.25) is 5.02 Å². The van der Waals surface area contributed by atoms with Gasteiger partial charge in [-0.1, -0.05) is 84.0 Å². The summed E-state index contributed by atoms with van der Waals surface area (Å²) in [6, 6.07) is 26.3. The van der Waals surface area contributed by atoms with Gasteiger partial charge >= 0.3 is 6.08 Å². The van der Waals surface area contributed by atoms with Crippen LogP contribution in [-0.2, 0) is 12.3 Å². The average molecular weight is 879 g/mol. The molecule has 6 aromatic heterocycles. The summed E-state index contributed by atoms with van der Waals surface area (Å²) in [5.41, 5.74) is 7.06. The summed E-state index contributed by atoms with van der Waals surface area (Å²) >= 11 is 7.91. The van der Waals surface area contributed by atoms with Gasteiger partial charge in [-0.2, -0.15) is 14.4 Å². The Hall–Kier alpha value is -7.57. The van der Waals surface area contributed by atoms with Gasteiger partial charge < -0.3 is 20.3 Å². The number of nitrogens with one attached hydrogen (secondary N) is 3. The fraction of sp³-hybridized carbons (Fsp3) is 0.136. The number of aromatic amines is 2. The highest BCUT2D eigenvalue weighted by Gasteiger charge is 2.20. The van der Waals surface area contributed by atoms with Gasteiger partial charge in [-0.15, -0.1) is 0 Å². The zero-order valence-corrected chi connectivity index (χ0v) is 35.7. The van der Waals surface area contributed by atoms with E-state index in [1.54, 1.807) is 20.6 Å². The van der Waals surface area contributed by atoms with Crippen molar-refractivity contribution in [1.82, 2.24) is 59.1 Å². The number of hydrogen-bond donors (Lipinski definition) is 3. The van der Waals surface area contributed by atoms with Crippen LogP contribution in [0.4, 0.5) is 10.2 Å². The summed E-state index contributed by atoms with van der Waals surface area (Å²) in [5.74, 6) is 1.77. The van der Waals surface area contributed by atoms with Crippen LogP contribution in [0.25, 0.3) is 60.9 Å². The lowest BCUT2D eigenvalue weighted by Gasteiger charge is -2.21. The minimum atomic E-state index is -0.888. The molecule has 6 heterocycles. The highest BCUT2D eigenvalue weighted by Crippen LogP contribution is 2.32. The normalized spacial score (nSPS) is 11.3. The number of para-hydroxylation sites is 1. The van der Waals surface area contributed by atoms with Crippen molar-refractivity contribution in [2.24, 2.45) is 0 Å². The number of benzene rings is 4. The molecule has 0 bridgehead atoms. The Morgan fingerprint density at radius 2 is 1.40 bits per heavy atom. The van der Waals surface area contributed by atoms with Gasteiger partial charge in [0.2, 0.25) is 0 Å². The number of rotatable bonds is 9. The summed E-state index contributed by atoms with van der Waals surface area (Å²) in [6.45, 7) is 3.97. The second-order valence-electron chi connectivity index (χ2n) is 14.5. The summed E-state index contributed by atoms with van der Waals surface area (Å²) < 4.78 is 17.0. The second-order valence-corrected chi connectivity index (χ2v) is 15.8. The molecule has 0 aliphatic rings. The van der Waals surface area contributed by atoms with E-state index in [0.29, 0.717) is 55.4 Å². The maximum atomic E-state index is 13.8. The minimum absolute atomic E-state index is 0.137. The van der Waals surface area contributed by atoms with E-state index in [9.17, 15) is 14.0 Å². The molecule has 0 atom stereocenters. The van der Waals surface area contributed by atoms with Crippen LogP contribution in [0.5, 0.6) is 0 Å². The summed E-state index contributed by atoms with van der Waals surface area (Å²) in [5, 5.41) is 7.25. The summed E-state index contributed by atoms with van der Waals surface area (Å²) in [7, 11) is 3.64. The van der Waals surface area contributed by atoms with E-state index in [2.05, 4.69) is 45.2 Å². The Bertz CT molecular complexity index is 3480. The van der Waals surface area contributed by atoms with Gasteiger partial charge in [0.1, 0.15) is 34.0 Å². The lowest BCUT2D eigenvalue weighted by atomic mass is 10.0. The molecule has 19 heteroatoms. The predicted octanol–water partition coefficient (Wildman–Crippen LogP) is 7.29. The molecule has 10 aromatic rings. The van der Waals surface area contributed by atoms with Crippen LogP contribution < -0.4 is 21.4 Å². The smallest absolute Gasteiger partial charge is 0.312 e. The van der Waals surface area contributed by atoms with Crippen molar-refractivity contribution in [3.05, 3.63) is 158 Å². The van der Waals surface area contributed by atoms with Gasteiger partial charge in [0.25, 0.3) is 11.1 Å². The van der Waals surface area contributed by atoms with E-state index in [0.717, 1.165) is 38.5 Å². The molecule has 0 aliphatic heterocycles. The number of aromatic nitrogens is 12. The topological polar surface area (TPSA) is 194 Å². The highest BCUT2D eigenvalue weighted by atomic mass is 35.5. The number of nitrogens with zero attached hydrogens (tertiary/aromatic N) is 11. The Balaban J connectivity index is 0.000000160. The van der Waals surface area contributed by atoms with Crippen molar-refractivity contribution in [3.8, 4) is 16.8 Å². The number of aryl methyl sites for hydroxylation is 2. The third-order valence-electron chi connectivity index (χ3n) is 10.2. The molecule has 16 nitrogen and oxygen atoms in total. The van der Waals surface area contributed by atoms with Gasteiger partial charge in [0.05, 0.1) is 52.4 Å². The van der Waals surface area contributed by atoms with E-state index in [4.69, 9.17) is 21.6 Å². The molecule has 0 saturated carbocycles. The molecular formula is C44H36ClFN14O2S. The average Bonchev–Trinajstić information content (AvgIpc) is 3.96. The van der Waals surface area contributed by atoms with Crippen LogP contribution in [-0.4, -0.2) is 73.2 Å². The largest absolute Gasteiger partial charge is 0.361 e. The van der Waals surface area contributed by atoms with E-state index in [1.807, 2.05) is 113 Å². The third-order valence-corrected chi connectivity index (χ3v) is 11.6. The van der Waals surface area contributed by atoms with Crippen molar-refractivity contribution in [3.63, 3.8) is 0 Å². The molecule has 10 rings (SSSR count). The number of fused-ring (bicyclic) bond motifs is 4. The standard InChI is InChI=1S/C22H18ClN7OS.C22H18FN7O/c1-29(2)30-17(10-32-21-19-20(25-11-24-19)26-12-27-21)28-16-9-5-7-14(18(16)22(30)31)13-6-3-4-8-15(13)23;1-12-6-3-4-9-15(12)30-16(27-14-8-5-7-13(2)17(14)21(30)31)10-24-19-18-20(26-11-25-18)29-22(23)28-19/h3-9,11-12H,10H2,1-2H3,(H,24,25,26,27);3-9,11H,10H2,1-2H3,(H2,24,25,26,28,29). The number of imidazole rings is 2. The highest BCUT2D eigenvalue weighted by molar-refractivity contribution is 7.98. The summed E-state index contributed by atoms with van der Waals surface area (Å²) in [6.07, 6.45) is 3.60. The van der Waals surface area contributed by atoms with Gasteiger partial charge in [0, 0.05) is 24.7 Å². The van der Waals surface area contributed by atoms with E-state index in [-0.39, 0.29) is 29.1 Å². The summed E-state index contributed by atoms with van der Waals surface area (Å²) in [4.78, 5) is 66.9. The molecule has 314 valence electrons. The van der Waals surface area contributed by atoms with Crippen molar-refractivity contribution >= 4 is 73.3 Å². The van der Waals surface area contributed by atoms with Gasteiger partial charge in [-0.3, -0.25) is 14.2 Å². The van der Waals surface area contributed by atoms with Crippen molar-refractivity contribution in [2.45, 2.75) is 31.2 Å². The Kier molecular flexibility index (Phi) is 11.1. The Morgan fingerprint density at radius 3 is 2.19 bits per heavy atom. The number of H-pyrrole nitrogens is 2. The van der Waals surface area contributed by atoms with E-state index in [1.165, 1.54) is 24.4 Å². The zero-order valence-electron chi connectivity index (χ0n) is 34.1. The maximum Gasteiger partial charge on any atom is 0.312 e. The predicted molar refractivity (Wildman–Crippen MR) is 244 cm³/mol. The monoisotopic (exact) mass is 878 g/mol. The van der Waals surface area contributed by atoms with Crippen LogP contribution in [0, 0.1) is 19.9 Å². The fourth-order valence-corrected chi connectivity index (χ4v) is 8.49. The van der Waals surface area contributed by atoms with E-state index >= 15 is 0 Å². The van der Waals surface area contributed by atoms with Gasteiger partial charge in [0.15, 0.2) is 17.1 Å². The zero-order chi connectivity index (χ0) is 43.8. The minimum Gasteiger partial charge on any atom is -0.361 e. The molecule has 4 aromatic carbocycles. The molecule has 0 amide bonds. The first kappa shape index (κ1) is 40.8. The third kappa shape index (κ3) is 7.81. The Labute approximate surface area is 366 Å². The first-order chi connectivity index (χ1) is 30.6. The SMILES string of the molecule is CN(C)n1c(CSc2ncnc3nc[nH]c23)nc2cccc(-c3ccccc3Cl)c2c1=O.Cc1ccccc1-n1c(CNc2nc(F)nc3nc[nH]c23)nc2cccc(C)c2c1=O. The van der Waals surface area contributed by atoms with Crippen LogP contribution >= 0.6 is 23.4 Å². The number of hydrogen-bond acceptors (Lipinski definition) is 13. The van der Waals surface area contributed by atoms with Crippen LogP contribution in [0.3, 0.4) is 0 Å². The molecule has 0 spiro atoms. The molecule has 0 aliphatic carbocycles. The van der Waals surface area contributed by atoms with Gasteiger partial charge in [-0.05, 0) is 54.8 Å². The Morgan fingerprint density at radius 1 is 0.714 bits per heavy atom. The molecular weight excluding hydrogens is 843 g/mol.